The number of allylic oxidation sites excluding steroid dienone is 1. The van der Waals surface area contributed by atoms with Gasteiger partial charge in [-0.2, -0.15) is 0 Å². The zero-order chi connectivity index (χ0) is 21.7. The molecule has 0 radical (unpaired) electrons. The third kappa shape index (κ3) is 4.71. The van der Waals surface area contributed by atoms with Gasteiger partial charge in [-0.05, 0) is 49.9 Å². The lowest BCUT2D eigenvalue weighted by Crippen LogP contribution is -2.47. The molecule has 30 heavy (non-hydrogen) atoms. The zero-order valence-corrected chi connectivity index (χ0v) is 18.0. The molecule has 0 aliphatic carbocycles. The highest BCUT2D eigenvalue weighted by Gasteiger charge is 2.35. The van der Waals surface area contributed by atoms with Crippen molar-refractivity contribution >= 4 is 34.9 Å². The predicted octanol–water partition coefficient (Wildman–Crippen LogP) is 3.85. The van der Waals surface area contributed by atoms with Crippen LogP contribution in [0.25, 0.3) is 0 Å². The van der Waals surface area contributed by atoms with Gasteiger partial charge in [-0.1, -0.05) is 18.2 Å². The Labute approximate surface area is 179 Å². The van der Waals surface area contributed by atoms with Crippen LogP contribution in [0.2, 0.25) is 0 Å². The summed E-state index contributed by atoms with van der Waals surface area (Å²) >= 11 is 1.54. The summed E-state index contributed by atoms with van der Waals surface area (Å²) in [7, 11) is 0. The SMILES string of the molecule is CCOC(=O)C1=C(C)N(CC)C(=O)NC1c1ccc(NC(=O)Cc2cccs2)cc1. The van der Waals surface area contributed by atoms with E-state index in [1.54, 1.807) is 38.1 Å². The van der Waals surface area contributed by atoms with Crippen molar-refractivity contribution in [3.8, 4) is 0 Å². The highest BCUT2D eigenvalue weighted by atomic mass is 32.1. The highest BCUT2D eigenvalue weighted by molar-refractivity contribution is 7.10. The van der Waals surface area contributed by atoms with Gasteiger partial charge in [0, 0.05) is 22.8 Å². The second kappa shape index (κ2) is 9.58. The van der Waals surface area contributed by atoms with E-state index in [4.69, 9.17) is 4.74 Å². The number of hydrogen-bond donors (Lipinski definition) is 2. The van der Waals surface area contributed by atoms with Gasteiger partial charge in [0.2, 0.25) is 5.91 Å². The molecule has 0 fully saturated rings. The molecule has 0 bridgehead atoms. The Morgan fingerprint density at radius 1 is 1.20 bits per heavy atom. The molecule has 158 valence electrons. The maximum absolute atomic E-state index is 12.6. The van der Waals surface area contributed by atoms with Gasteiger partial charge in [0.1, 0.15) is 0 Å². The fourth-order valence-corrected chi connectivity index (χ4v) is 4.12. The Morgan fingerprint density at radius 3 is 2.53 bits per heavy atom. The lowest BCUT2D eigenvalue weighted by molar-refractivity contribution is -0.139. The zero-order valence-electron chi connectivity index (χ0n) is 17.2. The average molecular weight is 428 g/mol. The second-order valence-corrected chi connectivity index (χ2v) is 7.80. The predicted molar refractivity (Wildman–Crippen MR) is 116 cm³/mol. The van der Waals surface area contributed by atoms with Gasteiger partial charge in [0.15, 0.2) is 0 Å². The van der Waals surface area contributed by atoms with Crippen LogP contribution in [0.1, 0.15) is 37.3 Å². The second-order valence-electron chi connectivity index (χ2n) is 6.77. The van der Waals surface area contributed by atoms with Crippen molar-refractivity contribution in [1.29, 1.82) is 0 Å². The summed E-state index contributed by atoms with van der Waals surface area (Å²) in [6, 6.07) is 10.1. The van der Waals surface area contributed by atoms with Crippen LogP contribution in [0, 0.1) is 0 Å². The van der Waals surface area contributed by atoms with E-state index in [0.29, 0.717) is 29.9 Å². The molecule has 0 saturated heterocycles. The third-order valence-electron chi connectivity index (χ3n) is 4.85. The molecule has 3 rings (SSSR count). The highest BCUT2D eigenvalue weighted by Crippen LogP contribution is 2.31. The van der Waals surface area contributed by atoms with E-state index in [1.807, 2.05) is 24.4 Å². The molecule has 8 heteroatoms. The number of amides is 3. The minimum atomic E-state index is -0.616. The Morgan fingerprint density at radius 2 is 1.93 bits per heavy atom. The first-order valence-electron chi connectivity index (χ1n) is 9.82. The number of nitrogens with one attached hydrogen (secondary N) is 2. The number of anilines is 1. The molecule has 0 spiro atoms. The first-order valence-corrected chi connectivity index (χ1v) is 10.7. The number of carbonyl (C=O) groups is 3. The van der Waals surface area contributed by atoms with Crippen LogP contribution in [0.15, 0.2) is 53.0 Å². The van der Waals surface area contributed by atoms with Crippen molar-refractivity contribution < 1.29 is 19.1 Å². The van der Waals surface area contributed by atoms with Crippen LogP contribution < -0.4 is 10.6 Å². The summed E-state index contributed by atoms with van der Waals surface area (Å²) in [5.41, 5.74) is 2.37. The Kier molecular flexibility index (Phi) is 6.89. The Balaban J connectivity index is 1.81. The number of urea groups is 1. The lowest BCUT2D eigenvalue weighted by atomic mass is 9.94. The van der Waals surface area contributed by atoms with E-state index < -0.39 is 12.0 Å². The molecular weight excluding hydrogens is 402 g/mol. The average Bonchev–Trinajstić information content (AvgIpc) is 3.21. The van der Waals surface area contributed by atoms with Crippen molar-refractivity contribution in [3.05, 3.63) is 63.5 Å². The van der Waals surface area contributed by atoms with Crippen LogP contribution in [-0.4, -0.2) is 36.0 Å². The maximum Gasteiger partial charge on any atom is 0.338 e. The normalized spacial score (nSPS) is 16.3. The molecular formula is C22H25N3O4S. The maximum atomic E-state index is 12.6. The first-order chi connectivity index (χ1) is 14.4. The minimum Gasteiger partial charge on any atom is -0.463 e. The summed E-state index contributed by atoms with van der Waals surface area (Å²) in [5, 5.41) is 7.69. The molecule has 1 aliphatic rings. The Hall–Kier alpha value is -3.13. The first kappa shape index (κ1) is 21.6. The van der Waals surface area contributed by atoms with Gasteiger partial charge in [0.05, 0.1) is 24.6 Å². The van der Waals surface area contributed by atoms with E-state index in [-0.39, 0.29) is 18.5 Å². The summed E-state index contributed by atoms with van der Waals surface area (Å²) in [4.78, 5) is 39.8. The van der Waals surface area contributed by atoms with Crippen molar-refractivity contribution in [3.63, 3.8) is 0 Å². The van der Waals surface area contributed by atoms with E-state index >= 15 is 0 Å². The van der Waals surface area contributed by atoms with Gasteiger partial charge in [-0.3, -0.25) is 9.69 Å². The molecule has 7 nitrogen and oxygen atoms in total. The number of benzene rings is 1. The van der Waals surface area contributed by atoms with Crippen LogP contribution >= 0.6 is 11.3 Å². The molecule has 3 amide bonds. The molecule has 0 saturated carbocycles. The number of esters is 1. The third-order valence-corrected chi connectivity index (χ3v) is 5.73. The molecule has 1 aliphatic heterocycles. The van der Waals surface area contributed by atoms with E-state index in [9.17, 15) is 14.4 Å². The van der Waals surface area contributed by atoms with Gasteiger partial charge in [0.25, 0.3) is 0 Å². The molecule has 2 N–H and O–H groups in total. The number of nitrogens with zero attached hydrogens (tertiary/aromatic N) is 1. The van der Waals surface area contributed by atoms with Gasteiger partial charge < -0.3 is 15.4 Å². The van der Waals surface area contributed by atoms with Crippen LogP contribution in [0.4, 0.5) is 10.5 Å². The number of rotatable bonds is 7. The lowest BCUT2D eigenvalue weighted by Gasteiger charge is -2.34. The monoisotopic (exact) mass is 427 g/mol. The smallest absolute Gasteiger partial charge is 0.338 e. The van der Waals surface area contributed by atoms with Gasteiger partial charge in [-0.15, -0.1) is 11.3 Å². The van der Waals surface area contributed by atoms with Crippen molar-refractivity contribution in [2.75, 3.05) is 18.5 Å². The number of carbonyl (C=O) groups excluding carboxylic acids is 3. The number of ether oxygens (including phenoxy) is 1. The standard InChI is InChI=1S/C22H25N3O4S/c1-4-25-14(3)19(21(27)29-5-2)20(24-22(25)28)15-8-10-16(11-9-15)23-18(26)13-17-7-6-12-30-17/h6-12,20H,4-5,13H2,1-3H3,(H,23,26)(H,24,28). The molecule has 2 aromatic rings. The molecule has 1 aromatic heterocycles. The fourth-order valence-electron chi connectivity index (χ4n) is 3.42. The van der Waals surface area contributed by atoms with Crippen LogP contribution in [-0.2, 0) is 20.7 Å². The molecule has 1 unspecified atom stereocenters. The molecule has 2 heterocycles. The van der Waals surface area contributed by atoms with Crippen LogP contribution in [0.5, 0.6) is 0 Å². The summed E-state index contributed by atoms with van der Waals surface area (Å²) in [6.45, 7) is 6.04. The van der Waals surface area contributed by atoms with E-state index in [2.05, 4.69) is 10.6 Å². The number of hydrogen-bond acceptors (Lipinski definition) is 5. The van der Waals surface area contributed by atoms with E-state index in [1.165, 1.54) is 16.2 Å². The van der Waals surface area contributed by atoms with Gasteiger partial charge in [-0.25, -0.2) is 9.59 Å². The quantitative estimate of drug-likeness (QED) is 0.657. The van der Waals surface area contributed by atoms with Crippen molar-refractivity contribution in [2.24, 2.45) is 0 Å². The summed E-state index contributed by atoms with van der Waals surface area (Å²) < 4.78 is 5.23. The summed E-state index contributed by atoms with van der Waals surface area (Å²) in [5.74, 6) is -0.551. The topological polar surface area (TPSA) is 87.7 Å². The van der Waals surface area contributed by atoms with Crippen LogP contribution in [0.3, 0.4) is 0 Å². The van der Waals surface area contributed by atoms with Gasteiger partial charge >= 0.3 is 12.0 Å². The molecule has 1 atom stereocenters. The number of thiophene rings is 1. The van der Waals surface area contributed by atoms with Crippen molar-refractivity contribution in [2.45, 2.75) is 33.2 Å². The van der Waals surface area contributed by atoms with Crippen molar-refractivity contribution in [1.82, 2.24) is 10.2 Å². The van der Waals surface area contributed by atoms with E-state index in [0.717, 1.165) is 10.4 Å². The fraction of sp³-hybridized carbons (Fsp3) is 0.318. The largest absolute Gasteiger partial charge is 0.463 e. The minimum absolute atomic E-state index is 0.0993. The Bertz CT molecular complexity index is 951. The molecule has 1 aromatic carbocycles. The summed E-state index contributed by atoms with van der Waals surface area (Å²) in [6.07, 6.45) is 0.319.